The second-order valence-corrected chi connectivity index (χ2v) is 5.82. The highest BCUT2D eigenvalue weighted by Crippen LogP contribution is 2.18. The third-order valence-electron chi connectivity index (χ3n) is 3.60. The monoisotopic (exact) mass is 370 g/mol. The van der Waals surface area contributed by atoms with Gasteiger partial charge in [-0.25, -0.2) is 5.43 Å². The molecule has 0 spiro atoms. The van der Waals surface area contributed by atoms with Gasteiger partial charge >= 0.3 is 11.8 Å². The fourth-order valence-corrected chi connectivity index (χ4v) is 2.29. The van der Waals surface area contributed by atoms with Gasteiger partial charge in [-0.2, -0.15) is 5.10 Å². The molecule has 0 unspecified atom stereocenters. The molecule has 3 N–H and O–H groups in total. The molecule has 0 atom stereocenters. The molecule has 2 aromatic carbocycles. The molecule has 142 valence electrons. The minimum absolute atomic E-state index is 0.0155. The Labute approximate surface area is 157 Å². The van der Waals surface area contributed by atoms with Crippen molar-refractivity contribution in [2.75, 3.05) is 25.6 Å². The zero-order valence-electron chi connectivity index (χ0n) is 15.2. The van der Waals surface area contributed by atoms with E-state index in [1.807, 2.05) is 42.5 Å². The number of hydrogen-bond acceptors (Lipinski definition) is 5. The van der Waals surface area contributed by atoms with Gasteiger partial charge in [-0.15, -0.1) is 0 Å². The molecule has 0 saturated heterocycles. The largest absolute Gasteiger partial charge is 0.383 e. The minimum Gasteiger partial charge on any atom is -0.383 e. The van der Waals surface area contributed by atoms with Crippen LogP contribution in [0.5, 0.6) is 0 Å². The number of hydrazone groups is 1. The maximum atomic E-state index is 12.1. The molecule has 3 amide bonds. The number of hydrogen-bond donors (Lipinski definition) is 3. The Balaban J connectivity index is 1.83. The van der Waals surface area contributed by atoms with E-state index < -0.39 is 11.8 Å². The van der Waals surface area contributed by atoms with Gasteiger partial charge in [-0.3, -0.25) is 14.4 Å². The first kappa shape index (κ1) is 20.1. The van der Waals surface area contributed by atoms with Gasteiger partial charge in [-0.1, -0.05) is 30.3 Å². The topological polar surface area (TPSA) is 109 Å². The second-order valence-electron chi connectivity index (χ2n) is 5.82. The van der Waals surface area contributed by atoms with Crippen molar-refractivity contribution in [2.45, 2.75) is 13.3 Å². The summed E-state index contributed by atoms with van der Waals surface area (Å²) in [6.45, 7) is 2.11. The lowest BCUT2D eigenvalue weighted by Gasteiger charge is -2.07. The van der Waals surface area contributed by atoms with E-state index in [1.165, 1.54) is 7.11 Å². The van der Waals surface area contributed by atoms with Gasteiger partial charge < -0.3 is 15.4 Å². The Morgan fingerprint density at radius 3 is 2.52 bits per heavy atom. The van der Waals surface area contributed by atoms with Gasteiger partial charge in [0.15, 0.2) is 0 Å². The number of methoxy groups -OCH3 is 1. The third kappa shape index (κ3) is 6.52. The number of benzene rings is 2. The van der Waals surface area contributed by atoms with Crippen LogP contribution in [0.4, 0.5) is 5.69 Å². The van der Waals surface area contributed by atoms with E-state index in [1.54, 1.807) is 6.92 Å². The molecule has 0 radical (unpaired) electrons. The summed E-state index contributed by atoms with van der Waals surface area (Å²) in [6, 6.07) is 13.5. The summed E-state index contributed by atoms with van der Waals surface area (Å²) in [5.41, 5.74) is 3.16. The molecule has 27 heavy (non-hydrogen) atoms. The molecule has 0 aliphatic rings. The first-order valence-corrected chi connectivity index (χ1v) is 8.38. The standard InChI is InChI=1S/C19H22N4O4/c1-13(22-23-19(26)18(25)20-9-10-27-2)11-17(24)21-16-8-7-14-5-3-4-6-15(14)12-16/h3-8,12H,9-11H2,1-2H3,(H,20,25)(H,21,24)(H,23,26)/b22-13-. The Hall–Kier alpha value is -3.26. The second kappa shape index (κ2) is 10.0. The van der Waals surface area contributed by atoms with Crippen molar-refractivity contribution in [1.29, 1.82) is 0 Å². The van der Waals surface area contributed by atoms with Crippen LogP contribution in [0.2, 0.25) is 0 Å². The van der Waals surface area contributed by atoms with Crippen LogP contribution in [0.1, 0.15) is 13.3 Å². The highest BCUT2D eigenvalue weighted by molar-refractivity contribution is 6.35. The lowest BCUT2D eigenvalue weighted by atomic mass is 10.1. The maximum absolute atomic E-state index is 12.1. The van der Waals surface area contributed by atoms with Gasteiger partial charge in [0.05, 0.1) is 13.0 Å². The van der Waals surface area contributed by atoms with Gasteiger partial charge in [0.25, 0.3) is 0 Å². The average Bonchev–Trinajstić information content (AvgIpc) is 2.66. The Morgan fingerprint density at radius 2 is 1.78 bits per heavy atom. The summed E-state index contributed by atoms with van der Waals surface area (Å²) in [5.74, 6) is -1.99. The molecule has 0 aliphatic carbocycles. The first-order chi connectivity index (χ1) is 13.0. The summed E-state index contributed by atoms with van der Waals surface area (Å²) in [7, 11) is 1.49. The van der Waals surface area contributed by atoms with Crippen LogP contribution in [0.15, 0.2) is 47.6 Å². The van der Waals surface area contributed by atoms with Crippen LogP contribution in [0.25, 0.3) is 10.8 Å². The predicted molar refractivity (Wildman–Crippen MR) is 103 cm³/mol. The molecular weight excluding hydrogens is 348 g/mol. The van der Waals surface area contributed by atoms with E-state index in [0.717, 1.165) is 10.8 Å². The lowest BCUT2D eigenvalue weighted by molar-refractivity contribution is -0.139. The van der Waals surface area contributed by atoms with E-state index in [2.05, 4.69) is 21.2 Å². The number of ether oxygens (including phenoxy) is 1. The molecule has 8 heteroatoms. The van der Waals surface area contributed by atoms with Crippen molar-refractivity contribution in [3.05, 3.63) is 42.5 Å². The molecule has 2 aromatic rings. The molecule has 2 rings (SSSR count). The fourth-order valence-electron chi connectivity index (χ4n) is 2.29. The van der Waals surface area contributed by atoms with Crippen LogP contribution < -0.4 is 16.1 Å². The van der Waals surface area contributed by atoms with E-state index in [0.29, 0.717) is 18.0 Å². The first-order valence-electron chi connectivity index (χ1n) is 8.38. The SMILES string of the molecule is COCCNC(=O)C(=O)N/N=C(/C)CC(=O)Nc1ccc2ccccc2c1. The normalized spacial score (nSPS) is 11.1. The zero-order chi connectivity index (χ0) is 19.6. The molecule has 0 saturated carbocycles. The highest BCUT2D eigenvalue weighted by atomic mass is 16.5. The highest BCUT2D eigenvalue weighted by Gasteiger charge is 2.12. The molecule has 0 bridgehead atoms. The molecule has 0 heterocycles. The maximum Gasteiger partial charge on any atom is 0.329 e. The van der Waals surface area contributed by atoms with Crippen LogP contribution in [0.3, 0.4) is 0 Å². The quantitative estimate of drug-likeness (QED) is 0.296. The summed E-state index contributed by atoms with van der Waals surface area (Å²) in [5, 5.41) is 11.0. The Morgan fingerprint density at radius 1 is 1.04 bits per heavy atom. The van der Waals surface area contributed by atoms with Crippen molar-refractivity contribution in [2.24, 2.45) is 5.10 Å². The molecule has 8 nitrogen and oxygen atoms in total. The number of rotatable bonds is 7. The zero-order valence-corrected chi connectivity index (χ0v) is 15.2. The summed E-state index contributed by atoms with van der Waals surface area (Å²) in [4.78, 5) is 35.2. The number of fused-ring (bicyclic) bond motifs is 1. The Bertz CT molecular complexity index is 864. The number of nitrogens with zero attached hydrogens (tertiary/aromatic N) is 1. The van der Waals surface area contributed by atoms with Crippen molar-refractivity contribution < 1.29 is 19.1 Å². The Kier molecular flexibility index (Phi) is 7.45. The van der Waals surface area contributed by atoms with Gasteiger partial charge in [-0.05, 0) is 29.8 Å². The summed E-state index contributed by atoms with van der Waals surface area (Å²) < 4.78 is 4.77. The lowest BCUT2D eigenvalue weighted by Crippen LogP contribution is -2.39. The number of carbonyl (C=O) groups is 3. The van der Waals surface area contributed by atoms with Crippen LogP contribution >= 0.6 is 0 Å². The number of amides is 3. The van der Waals surface area contributed by atoms with E-state index in [4.69, 9.17) is 4.74 Å². The summed E-state index contributed by atoms with van der Waals surface area (Å²) in [6.07, 6.45) is -0.0155. The van der Waals surface area contributed by atoms with Crippen molar-refractivity contribution >= 4 is 39.9 Å². The van der Waals surface area contributed by atoms with Crippen molar-refractivity contribution in [3.63, 3.8) is 0 Å². The van der Waals surface area contributed by atoms with E-state index in [-0.39, 0.29) is 18.9 Å². The molecular formula is C19H22N4O4. The van der Waals surface area contributed by atoms with Crippen LogP contribution in [-0.2, 0) is 19.1 Å². The summed E-state index contributed by atoms with van der Waals surface area (Å²) >= 11 is 0. The molecule has 0 aromatic heterocycles. The number of carbonyl (C=O) groups excluding carboxylic acids is 3. The number of anilines is 1. The smallest absolute Gasteiger partial charge is 0.329 e. The van der Waals surface area contributed by atoms with Crippen molar-refractivity contribution in [1.82, 2.24) is 10.7 Å². The predicted octanol–water partition coefficient (Wildman–Crippen LogP) is 1.42. The number of nitrogens with one attached hydrogen (secondary N) is 3. The van der Waals surface area contributed by atoms with Crippen LogP contribution in [-0.4, -0.2) is 43.7 Å². The van der Waals surface area contributed by atoms with Gasteiger partial charge in [0.1, 0.15) is 0 Å². The minimum atomic E-state index is -0.902. The average molecular weight is 370 g/mol. The van der Waals surface area contributed by atoms with Crippen molar-refractivity contribution in [3.8, 4) is 0 Å². The fraction of sp³-hybridized carbons (Fsp3) is 0.263. The third-order valence-corrected chi connectivity index (χ3v) is 3.60. The van der Waals surface area contributed by atoms with Gasteiger partial charge in [0, 0.05) is 25.1 Å². The molecule has 0 aliphatic heterocycles. The molecule has 0 fully saturated rings. The van der Waals surface area contributed by atoms with Crippen LogP contribution in [0, 0.1) is 0 Å². The van der Waals surface area contributed by atoms with E-state index >= 15 is 0 Å². The van der Waals surface area contributed by atoms with E-state index in [9.17, 15) is 14.4 Å². The van der Waals surface area contributed by atoms with Gasteiger partial charge in [0.2, 0.25) is 5.91 Å².